The van der Waals surface area contributed by atoms with Crippen molar-refractivity contribution < 1.29 is 0 Å². The zero-order chi connectivity index (χ0) is 7.40. The van der Waals surface area contributed by atoms with E-state index in [0.29, 0.717) is 0 Å². The summed E-state index contributed by atoms with van der Waals surface area (Å²) in [5.41, 5.74) is 0. The van der Waals surface area contributed by atoms with Gasteiger partial charge in [0.1, 0.15) is 0 Å². The quantitative estimate of drug-likeness (QED) is 0.632. The molecule has 1 aliphatic heterocycles. The van der Waals surface area contributed by atoms with Crippen LogP contribution in [-0.2, 0) is 0 Å². The summed E-state index contributed by atoms with van der Waals surface area (Å²) < 4.78 is 0. The average Bonchev–Trinajstić information content (AvgIpc) is 2.05. The first-order chi connectivity index (χ1) is 4.84. The molecule has 1 saturated heterocycles. The molecular weight excluding hydrogens is 162 g/mol. The molecule has 0 saturated carbocycles. The van der Waals surface area contributed by atoms with E-state index in [-0.39, 0.29) is 0 Å². The van der Waals surface area contributed by atoms with Gasteiger partial charge in [0.15, 0.2) is 0 Å². The molecular formula is C7H15NS2. The third-order valence-electron chi connectivity index (χ3n) is 1.90. The van der Waals surface area contributed by atoms with Gasteiger partial charge in [0, 0.05) is 24.6 Å². The lowest BCUT2D eigenvalue weighted by Crippen LogP contribution is -2.37. The van der Waals surface area contributed by atoms with Crippen LogP contribution in [0.15, 0.2) is 0 Å². The van der Waals surface area contributed by atoms with Gasteiger partial charge in [-0.05, 0) is 13.2 Å². The molecule has 3 heteroatoms. The van der Waals surface area contributed by atoms with Crippen LogP contribution in [0.4, 0.5) is 0 Å². The van der Waals surface area contributed by atoms with Crippen molar-refractivity contribution >= 4 is 23.5 Å². The van der Waals surface area contributed by atoms with Crippen LogP contribution in [0.2, 0.25) is 0 Å². The van der Waals surface area contributed by atoms with E-state index in [0.717, 1.165) is 5.37 Å². The first kappa shape index (κ1) is 8.75. The van der Waals surface area contributed by atoms with Gasteiger partial charge < -0.3 is 0 Å². The van der Waals surface area contributed by atoms with E-state index in [1.807, 2.05) is 11.8 Å². The number of nitrogens with zero attached hydrogens (tertiary/aromatic N) is 1. The summed E-state index contributed by atoms with van der Waals surface area (Å²) in [7, 11) is 0. The van der Waals surface area contributed by atoms with E-state index < -0.39 is 0 Å². The minimum Gasteiger partial charge on any atom is -0.290 e. The third-order valence-corrected chi connectivity index (χ3v) is 3.82. The third kappa shape index (κ3) is 2.36. The topological polar surface area (TPSA) is 3.24 Å². The lowest BCUT2D eigenvalue weighted by molar-refractivity contribution is 0.296. The predicted molar refractivity (Wildman–Crippen MR) is 51.9 cm³/mol. The largest absolute Gasteiger partial charge is 0.290 e. The normalized spacial score (nSPS) is 24.6. The standard InChI is InChI=1S/C7H15NS2/c1-7(9-2)8-3-5-10-6-4-8/h7H,3-6H2,1-2H3. The van der Waals surface area contributed by atoms with Gasteiger partial charge in [-0.25, -0.2) is 0 Å². The number of hydrogen-bond acceptors (Lipinski definition) is 3. The summed E-state index contributed by atoms with van der Waals surface area (Å²) in [6, 6.07) is 0. The van der Waals surface area contributed by atoms with E-state index in [4.69, 9.17) is 0 Å². The van der Waals surface area contributed by atoms with Gasteiger partial charge in [-0.1, -0.05) is 0 Å². The van der Waals surface area contributed by atoms with E-state index >= 15 is 0 Å². The first-order valence-corrected chi connectivity index (χ1v) is 6.13. The highest BCUT2D eigenvalue weighted by Crippen LogP contribution is 2.17. The molecule has 0 spiro atoms. The van der Waals surface area contributed by atoms with Crippen molar-refractivity contribution in [2.75, 3.05) is 30.9 Å². The summed E-state index contributed by atoms with van der Waals surface area (Å²) >= 11 is 4.02. The van der Waals surface area contributed by atoms with E-state index in [1.54, 1.807) is 0 Å². The molecule has 1 unspecified atom stereocenters. The zero-order valence-corrected chi connectivity index (χ0v) is 8.30. The van der Waals surface area contributed by atoms with Gasteiger partial charge >= 0.3 is 0 Å². The van der Waals surface area contributed by atoms with Gasteiger partial charge in [0.05, 0.1) is 5.37 Å². The van der Waals surface area contributed by atoms with Crippen molar-refractivity contribution in [1.82, 2.24) is 4.90 Å². The molecule has 1 heterocycles. The monoisotopic (exact) mass is 177 g/mol. The second-order valence-electron chi connectivity index (χ2n) is 2.48. The number of thioether (sulfide) groups is 2. The summed E-state index contributed by atoms with van der Waals surface area (Å²) in [6.07, 6.45) is 2.19. The second-order valence-corrected chi connectivity index (χ2v) is 4.86. The smallest absolute Gasteiger partial charge is 0.0526 e. The zero-order valence-electron chi connectivity index (χ0n) is 6.67. The number of rotatable bonds is 2. The van der Waals surface area contributed by atoms with Crippen LogP contribution in [0.1, 0.15) is 6.92 Å². The molecule has 0 aromatic rings. The Hall–Kier alpha value is 0.660. The maximum absolute atomic E-state index is 2.56. The fourth-order valence-electron chi connectivity index (χ4n) is 1.09. The Morgan fingerprint density at radius 2 is 2.00 bits per heavy atom. The van der Waals surface area contributed by atoms with E-state index in [9.17, 15) is 0 Å². The molecule has 1 fully saturated rings. The Kier molecular flexibility index (Phi) is 3.96. The molecule has 1 aliphatic rings. The fraction of sp³-hybridized carbons (Fsp3) is 1.00. The molecule has 0 bridgehead atoms. The van der Waals surface area contributed by atoms with Crippen LogP contribution in [0.3, 0.4) is 0 Å². The van der Waals surface area contributed by atoms with Crippen LogP contribution in [0, 0.1) is 0 Å². The van der Waals surface area contributed by atoms with Crippen LogP contribution in [0.25, 0.3) is 0 Å². The maximum atomic E-state index is 2.56. The molecule has 0 N–H and O–H groups in total. The Morgan fingerprint density at radius 3 is 2.50 bits per heavy atom. The highest BCUT2D eigenvalue weighted by molar-refractivity contribution is 7.99. The maximum Gasteiger partial charge on any atom is 0.0526 e. The van der Waals surface area contributed by atoms with Crippen molar-refractivity contribution in [3.63, 3.8) is 0 Å². The lowest BCUT2D eigenvalue weighted by Gasteiger charge is -2.30. The van der Waals surface area contributed by atoms with Crippen LogP contribution in [0.5, 0.6) is 0 Å². The lowest BCUT2D eigenvalue weighted by atomic mass is 10.5. The van der Waals surface area contributed by atoms with Crippen molar-refractivity contribution in [1.29, 1.82) is 0 Å². The van der Waals surface area contributed by atoms with Crippen molar-refractivity contribution in [3.8, 4) is 0 Å². The summed E-state index contributed by atoms with van der Waals surface area (Å²) in [6.45, 7) is 4.86. The summed E-state index contributed by atoms with van der Waals surface area (Å²) in [5.74, 6) is 2.65. The highest BCUT2D eigenvalue weighted by atomic mass is 32.2. The highest BCUT2D eigenvalue weighted by Gasteiger charge is 2.14. The van der Waals surface area contributed by atoms with Gasteiger partial charge in [0.2, 0.25) is 0 Å². The molecule has 1 rings (SSSR count). The predicted octanol–water partition coefficient (Wildman–Crippen LogP) is 1.74. The van der Waals surface area contributed by atoms with Crippen LogP contribution < -0.4 is 0 Å². The molecule has 0 aliphatic carbocycles. The van der Waals surface area contributed by atoms with Crippen molar-refractivity contribution in [2.24, 2.45) is 0 Å². The van der Waals surface area contributed by atoms with E-state index in [2.05, 4.69) is 29.8 Å². The molecule has 1 atom stereocenters. The number of hydrogen-bond donors (Lipinski definition) is 0. The van der Waals surface area contributed by atoms with Crippen LogP contribution >= 0.6 is 23.5 Å². The Bertz CT molecular complexity index is 91.6. The molecule has 0 amide bonds. The molecule has 10 heavy (non-hydrogen) atoms. The Labute approximate surface area is 71.9 Å². The minimum atomic E-state index is 0.723. The second kappa shape index (κ2) is 4.52. The molecule has 0 aromatic carbocycles. The summed E-state index contributed by atoms with van der Waals surface area (Å²) in [5, 5.41) is 0.723. The van der Waals surface area contributed by atoms with Gasteiger partial charge in [-0.3, -0.25) is 4.90 Å². The Morgan fingerprint density at radius 1 is 1.40 bits per heavy atom. The average molecular weight is 177 g/mol. The van der Waals surface area contributed by atoms with Crippen molar-refractivity contribution in [2.45, 2.75) is 12.3 Å². The van der Waals surface area contributed by atoms with Gasteiger partial charge in [0.25, 0.3) is 0 Å². The summed E-state index contributed by atoms with van der Waals surface area (Å²) in [4.78, 5) is 2.56. The SMILES string of the molecule is CSC(C)N1CCSCC1. The van der Waals surface area contributed by atoms with Crippen LogP contribution in [-0.4, -0.2) is 41.1 Å². The van der Waals surface area contributed by atoms with Gasteiger partial charge in [-0.2, -0.15) is 11.8 Å². The minimum absolute atomic E-state index is 0.723. The molecule has 1 nitrogen and oxygen atoms in total. The van der Waals surface area contributed by atoms with Crippen molar-refractivity contribution in [3.05, 3.63) is 0 Å². The van der Waals surface area contributed by atoms with Gasteiger partial charge in [-0.15, -0.1) is 11.8 Å². The molecule has 0 aromatic heterocycles. The fourth-order valence-corrected chi connectivity index (χ4v) is 2.53. The molecule has 60 valence electrons. The Balaban J connectivity index is 2.24. The van der Waals surface area contributed by atoms with E-state index in [1.165, 1.54) is 24.6 Å². The first-order valence-electron chi connectivity index (χ1n) is 3.69. The molecule has 0 radical (unpaired) electrons.